The van der Waals surface area contributed by atoms with Gasteiger partial charge >= 0.3 is 5.97 Å². The topological polar surface area (TPSA) is 161 Å². The number of nitrogens with zero attached hydrogens (tertiary/aromatic N) is 1. The van der Waals surface area contributed by atoms with Gasteiger partial charge in [-0.05, 0) is 42.0 Å². The van der Waals surface area contributed by atoms with E-state index in [1.165, 1.54) is 19.1 Å². The lowest BCUT2D eigenvalue weighted by molar-refractivity contribution is -0.125. The molecule has 2 amide bonds. The third-order valence-electron chi connectivity index (χ3n) is 4.53. The van der Waals surface area contributed by atoms with Crippen molar-refractivity contribution in [2.45, 2.75) is 19.4 Å². The number of hydrogen-bond acceptors (Lipinski definition) is 6. The number of phenolic OH excluding ortho intramolecular Hbond substituents is 1. The van der Waals surface area contributed by atoms with E-state index in [4.69, 9.17) is 5.11 Å². The lowest BCUT2D eigenvalue weighted by Crippen LogP contribution is -2.44. The van der Waals surface area contributed by atoms with Crippen molar-refractivity contribution in [1.29, 1.82) is 0 Å². The van der Waals surface area contributed by atoms with Gasteiger partial charge in [-0.1, -0.05) is 12.1 Å². The number of aromatic carboxylic acids is 1. The Hall–Kier alpha value is -4.47. The molecule has 0 aliphatic carbocycles. The van der Waals surface area contributed by atoms with E-state index in [1.54, 1.807) is 36.4 Å². The Labute approximate surface area is 182 Å². The predicted octanol–water partition coefficient (Wildman–Crippen LogP) is 1.53. The summed E-state index contributed by atoms with van der Waals surface area (Å²) < 4.78 is 0. The molecule has 0 unspecified atom stereocenters. The first-order valence-electron chi connectivity index (χ1n) is 9.52. The van der Waals surface area contributed by atoms with Crippen LogP contribution in [0, 0.1) is 0 Å². The number of amides is 2. The number of aromatic hydroxyl groups is 1. The lowest BCUT2D eigenvalue weighted by Gasteiger charge is -2.18. The number of carbonyl (C=O) groups excluding carboxylic acids is 2. The molecule has 0 aliphatic rings. The van der Waals surface area contributed by atoms with E-state index in [1.807, 2.05) is 0 Å². The van der Waals surface area contributed by atoms with E-state index in [2.05, 4.69) is 20.6 Å². The van der Waals surface area contributed by atoms with Crippen molar-refractivity contribution in [2.75, 3.05) is 5.32 Å². The molecule has 2 aromatic carbocycles. The van der Waals surface area contributed by atoms with Gasteiger partial charge in [0.15, 0.2) is 0 Å². The van der Waals surface area contributed by atoms with Crippen LogP contribution in [-0.4, -0.2) is 44.0 Å². The number of nitrogens with one attached hydrogen (secondary N) is 3. The quantitative estimate of drug-likeness (QED) is 0.375. The third kappa shape index (κ3) is 5.57. The number of anilines is 1. The van der Waals surface area contributed by atoms with Gasteiger partial charge in [0.05, 0.1) is 0 Å². The van der Waals surface area contributed by atoms with Crippen molar-refractivity contribution >= 4 is 23.5 Å². The highest BCUT2D eigenvalue weighted by Gasteiger charge is 2.20. The van der Waals surface area contributed by atoms with Crippen molar-refractivity contribution in [3.63, 3.8) is 0 Å². The van der Waals surface area contributed by atoms with Crippen molar-refractivity contribution in [2.24, 2.45) is 0 Å². The minimum absolute atomic E-state index is 0.0998. The number of H-pyrrole nitrogens is 1. The van der Waals surface area contributed by atoms with Crippen LogP contribution >= 0.6 is 0 Å². The summed E-state index contributed by atoms with van der Waals surface area (Å²) in [6.07, 6.45) is 1.21. The maximum Gasteiger partial charge on any atom is 0.342 e. The molecule has 1 atom stereocenters. The Kier molecular flexibility index (Phi) is 6.64. The van der Waals surface area contributed by atoms with Gasteiger partial charge in [0, 0.05) is 30.8 Å². The minimum Gasteiger partial charge on any atom is -0.508 e. The maximum absolute atomic E-state index is 12.7. The predicted molar refractivity (Wildman–Crippen MR) is 115 cm³/mol. The normalized spacial score (nSPS) is 11.4. The maximum atomic E-state index is 12.7. The highest BCUT2D eigenvalue weighted by molar-refractivity contribution is 5.97. The van der Waals surface area contributed by atoms with Crippen molar-refractivity contribution in [3.8, 4) is 17.1 Å². The fraction of sp³-hybridized carbons (Fsp3) is 0.136. The second-order valence-corrected chi connectivity index (χ2v) is 6.97. The first-order chi connectivity index (χ1) is 15.2. The Morgan fingerprint density at radius 3 is 2.28 bits per heavy atom. The van der Waals surface area contributed by atoms with E-state index in [9.17, 15) is 24.3 Å². The van der Waals surface area contributed by atoms with Crippen LogP contribution < -0.4 is 16.2 Å². The highest BCUT2D eigenvalue weighted by Crippen LogP contribution is 2.18. The zero-order chi connectivity index (χ0) is 23.3. The molecule has 5 N–H and O–H groups in total. The van der Waals surface area contributed by atoms with Crippen LogP contribution in [0.15, 0.2) is 59.5 Å². The zero-order valence-electron chi connectivity index (χ0n) is 17.0. The number of carboxylic acid groups (broad SMARTS) is 1. The Balaban J connectivity index is 1.73. The number of carboxylic acids is 1. The standard InChI is InChI=1S/C22H20N4O6/c1-12(27)24-18(10-13-2-8-16(28)9-3-13)21(30)25-15-6-4-14(5-7-15)19-23-11-17(22(31)32)20(29)26-19/h2-9,11,18,28H,10H2,1H3,(H,24,27)(H,25,30)(H,31,32)(H,23,26,29)/t18-/m0/s1. The smallest absolute Gasteiger partial charge is 0.342 e. The number of benzene rings is 2. The average molecular weight is 436 g/mol. The molecule has 164 valence electrons. The number of hydrogen-bond donors (Lipinski definition) is 5. The van der Waals surface area contributed by atoms with Crippen LogP contribution in [-0.2, 0) is 16.0 Å². The van der Waals surface area contributed by atoms with Crippen LogP contribution in [0.1, 0.15) is 22.8 Å². The first-order valence-corrected chi connectivity index (χ1v) is 9.52. The summed E-state index contributed by atoms with van der Waals surface area (Å²) in [6.45, 7) is 1.31. The Morgan fingerprint density at radius 2 is 1.72 bits per heavy atom. The fourth-order valence-electron chi connectivity index (χ4n) is 2.96. The third-order valence-corrected chi connectivity index (χ3v) is 4.53. The van der Waals surface area contributed by atoms with Gasteiger partial charge < -0.3 is 25.8 Å². The molecule has 10 nitrogen and oxygen atoms in total. The van der Waals surface area contributed by atoms with Gasteiger partial charge in [-0.2, -0.15) is 0 Å². The van der Waals surface area contributed by atoms with Crippen LogP contribution in [0.5, 0.6) is 5.75 Å². The van der Waals surface area contributed by atoms with Crippen molar-refractivity contribution < 1.29 is 24.6 Å². The van der Waals surface area contributed by atoms with E-state index in [0.29, 0.717) is 11.3 Å². The number of carbonyl (C=O) groups is 3. The second-order valence-electron chi connectivity index (χ2n) is 6.97. The largest absolute Gasteiger partial charge is 0.508 e. The number of aromatic amines is 1. The average Bonchev–Trinajstić information content (AvgIpc) is 2.74. The molecule has 0 radical (unpaired) electrons. The molecule has 3 aromatic rings. The van der Waals surface area contributed by atoms with Gasteiger partial charge in [-0.25, -0.2) is 9.78 Å². The fourth-order valence-corrected chi connectivity index (χ4v) is 2.96. The van der Waals surface area contributed by atoms with Crippen LogP contribution in [0.2, 0.25) is 0 Å². The summed E-state index contributed by atoms with van der Waals surface area (Å²) in [5, 5.41) is 23.6. The second kappa shape index (κ2) is 9.56. The van der Waals surface area contributed by atoms with Gasteiger partial charge in [-0.3, -0.25) is 14.4 Å². The van der Waals surface area contributed by atoms with E-state index < -0.39 is 29.0 Å². The molecule has 0 fully saturated rings. The SMILES string of the molecule is CC(=O)N[C@@H](Cc1ccc(O)cc1)C(=O)Nc1ccc(-c2ncc(C(=O)O)c(=O)[nH]2)cc1. The van der Waals surface area contributed by atoms with Crippen molar-refractivity contribution in [1.82, 2.24) is 15.3 Å². The molecule has 0 saturated heterocycles. The molecular weight excluding hydrogens is 416 g/mol. The number of rotatable bonds is 7. The van der Waals surface area contributed by atoms with E-state index >= 15 is 0 Å². The van der Waals surface area contributed by atoms with Gasteiger partial charge in [-0.15, -0.1) is 0 Å². The van der Waals surface area contributed by atoms with E-state index in [0.717, 1.165) is 11.8 Å². The number of phenols is 1. The monoisotopic (exact) mass is 436 g/mol. The summed E-state index contributed by atoms with van der Waals surface area (Å²) in [6, 6.07) is 11.9. The molecule has 10 heteroatoms. The molecule has 0 bridgehead atoms. The Morgan fingerprint density at radius 1 is 1.06 bits per heavy atom. The van der Waals surface area contributed by atoms with Gasteiger partial charge in [0.25, 0.3) is 5.56 Å². The Bertz CT molecular complexity index is 1200. The molecule has 32 heavy (non-hydrogen) atoms. The van der Waals surface area contributed by atoms with Crippen LogP contribution in [0.4, 0.5) is 5.69 Å². The molecular formula is C22H20N4O6. The molecule has 0 saturated carbocycles. The molecule has 1 heterocycles. The molecule has 3 rings (SSSR count). The lowest BCUT2D eigenvalue weighted by atomic mass is 10.0. The molecule has 0 spiro atoms. The van der Waals surface area contributed by atoms with Gasteiger partial charge in [0.2, 0.25) is 11.8 Å². The number of aromatic nitrogens is 2. The van der Waals surface area contributed by atoms with Crippen LogP contribution in [0.25, 0.3) is 11.4 Å². The minimum atomic E-state index is -1.37. The summed E-state index contributed by atoms with van der Waals surface area (Å²) >= 11 is 0. The molecule has 1 aromatic heterocycles. The summed E-state index contributed by atoms with van der Waals surface area (Å²) in [5.41, 5.74) is 0.485. The molecule has 0 aliphatic heterocycles. The van der Waals surface area contributed by atoms with E-state index in [-0.39, 0.29) is 23.9 Å². The zero-order valence-corrected chi connectivity index (χ0v) is 17.0. The van der Waals surface area contributed by atoms with Crippen molar-refractivity contribution in [3.05, 3.63) is 76.2 Å². The summed E-state index contributed by atoms with van der Waals surface area (Å²) in [5.74, 6) is -1.88. The summed E-state index contributed by atoms with van der Waals surface area (Å²) in [7, 11) is 0. The highest BCUT2D eigenvalue weighted by atomic mass is 16.4. The first kappa shape index (κ1) is 22.2. The van der Waals surface area contributed by atoms with Crippen LogP contribution in [0.3, 0.4) is 0 Å². The van der Waals surface area contributed by atoms with Gasteiger partial charge in [0.1, 0.15) is 23.2 Å². The summed E-state index contributed by atoms with van der Waals surface area (Å²) in [4.78, 5) is 53.4.